The second-order valence-corrected chi connectivity index (χ2v) is 5.25. The number of carbonyl (C=O) groups is 1. The van der Waals surface area contributed by atoms with Crippen LogP contribution in [-0.2, 0) is 13.0 Å². The molecule has 1 amide bonds. The SMILES string of the molecule is O=C(c1ccc2nsnc2c1)N1CCc2oncc2C1. The molecule has 3 heterocycles. The number of hydrogen-bond acceptors (Lipinski definition) is 6. The fourth-order valence-electron chi connectivity index (χ4n) is 2.41. The molecule has 100 valence electrons. The third kappa shape index (κ3) is 1.78. The highest BCUT2D eigenvalue weighted by molar-refractivity contribution is 7.00. The lowest BCUT2D eigenvalue weighted by atomic mass is 10.1. The van der Waals surface area contributed by atoms with Crippen LogP contribution in [-0.4, -0.2) is 31.3 Å². The molecule has 0 saturated heterocycles. The Bertz CT molecular complexity index is 794. The minimum atomic E-state index is 0.00625. The van der Waals surface area contributed by atoms with Gasteiger partial charge in [-0.2, -0.15) is 8.75 Å². The van der Waals surface area contributed by atoms with Crippen LogP contribution in [0.2, 0.25) is 0 Å². The Morgan fingerprint density at radius 3 is 3.15 bits per heavy atom. The van der Waals surface area contributed by atoms with Gasteiger partial charge in [-0.15, -0.1) is 0 Å². The summed E-state index contributed by atoms with van der Waals surface area (Å²) in [5.41, 5.74) is 3.22. The summed E-state index contributed by atoms with van der Waals surface area (Å²) in [6, 6.07) is 5.43. The number of aromatic nitrogens is 3. The third-order valence-corrected chi connectivity index (χ3v) is 4.04. The van der Waals surface area contributed by atoms with Crippen molar-refractivity contribution >= 4 is 28.7 Å². The van der Waals surface area contributed by atoms with E-state index in [2.05, 4.69) is 13.9 Å². The van der Waals surface area contributed by atoms with Crippen molar-refractivity contribution < 1.29 is 9.32 Å². The molecule has 1 aliphatic heterocycles. The molecular weight excluding hydrogens is 276 g/mol. The quantitative estimate of drug-likeness (QED) is 0.683. The van der Waals surface area contributed by atoms with Crippen LogP contribution in [0.5, 0.6) is 0 Å². The van der Waals surface area contributed by atoms with Crippen molar-refractivity contribution in [3.63, 3.8) is 0 Å². The van der Waals surface area contributed by atoms with E-state index in [0.29, 0.717) is 25.1 Å². The van der Waals surface area contributed by atoms with Crippen molar-refractivity contribution in [2.75, 3.05) is 6.54 Å². The van der Waals surface area contributed by atoms with Gasteiger partial charge in [0, 0.05) is 24.1 Å². The van der Waals surface area contributed by atoms with Gasteiger partial charge in [-0.3, -0.25) is 4.79 Å². The van der Waals surface area contributed by atoms with Crippen LogP contribution in [0.25, 0.3) is 11.0 Å². The zero-order valence-corrected chi connectivity index (χ0v) is 11.3. The number of carbonyl (C=O) groups excluding carboxylic acids is 1. The van der Waals surface area contributed by atoms with Crippen LogP contribution in [0.1, 0.15) is 21.7 Å². The van der Waals surface area contributed by atoms with Gasteiger partial charge in [-0.25, -0.2) is 0 Å². The summed E-state index contributed by atoms with van der Waals surface area (Å²) in [4.78, 5) is 14.3. The highest BCUT2D eigenvalue weighted by Gasteiger charge is 2.24. The van der Waals surface area contributed by atoms with Gasteiger partial charge in [0.15, 0.2) is 0 Å². The van der Waals surface area contributed by atoms with Crippen LogP contribution in [0, 0.1) is 0 Å². The first kappa shape index (κ1) is 11.5. The lowest BCUT2D eigenvalue weighted by Gasteiger charge is -2.25. The molecule has 0 radical (unpaired) electrons. The van der Waals surface area contributed by atoms with Gasteiger partial charge in [0.05, 0.1) is 24.5 Å². The first-order valence-corrected chi connectivity index (χ1v) is 6.98. The molecule has 0 bridgehead atoms. The largest absolute Gasteiger partial charge is 0.361 e. The minimum Gasteiger partial charge on any atom is -0.361 e. The smallest absolute Gasteiger partial charge is 0.254 e. The first-order valence-electron chi connectivity index (χ1n) is 6.25. The number of hydrogen-bond donors (Lipinski definition) is 0. The summed E-state index contributed by atoms with van der Waals surface area (Å²) < 4.78 is 13.4. The van der Waals surface area contributed by atoms with Crippen molar-refractivity contribution in [3.05, 3.63) is 41.3 Å². The Balaban J connectivity index is 1.64. The molecule has 2 aromatic heterocycles. The molecule has 0 saturated carbocycles. The fourth-order valence-corrected chi connectivity index (χ4v) is 2.93. The maximum absolute atomic E-state index is 12.5. The molecular formula is C13H10N4O2S. The van der Waals surface area contributed by atoms with Gasteiger partial charge in [-0.05, 0) is 18.2 Å². The maximum atomic E-state index is 12.5. The molecule has 0 spiro atoms. The molecule has 1 aliphatic rings. The molecule has 20 heavy (non-hydrogen) atoms. The molecule has 3 aromatic rings. The van der Waals surface area contributed by atoms with Crippen LogP contribution in [0.15, 0.2) is 28.9 Å². The summed E-state index contributed by atoms with van der Waals surface area (Å²) in [5, 5.41) is 3.77. The van der Waals surface area contributed by atoms with Crippen LogP contribution >= 0.6 is 11.7 Å². The van der Waals surface area contributed by atoms with Crippen molar-refractivity contribution in [3.8, 4) is 0 Å². The van der Waals surface area contributed by atoms with Crippen molar-refractivity contribution in [2.24, 2.45) is 0 Å². The molecule has 0 N–H and O–H groups in total. The van der Waals surface area contributed by atoms with E-state index >= 15 is 0 Å². The van der Waals surface area contributed by atoms with Gasteiger partial charge in [-0.1, -0.05) is 5.16 Å². The molecule has 6 nitrogen and oxygen atoms in total. The summed E-state index contributed by atoms with van der Waals surface area (Å²) in [6.45, 7) is 1.19. The van der Waals surface area contributed by atoms with Crippen molar-refractivity contribution in [2.45, 2.75) is 13.0 Å². The summed E-state index contributed by atoms with van der Waals surface area (Å²) in [5.74, 6) is 0.889. The Labute approximate surface area is 118 Å². The Hall–Kier alpha value is -2.28. The van der Waals surface area contributed by atoms with Gasteiger partial charge < -0.3 is 9.42 Å². The lowest BCUT2D eigenvalue weighted by Crippen LogP contribution is -2.35. The molecule has 0 unspecified atom stereocenters. The Kier molecular flexibility index (Phi) is 2.53. The predicted molar refractivity (Wildman–Crippen MR) is 72.4 cm³/mol. The molecule has 4 rings (SSSR count). The van der Waals surface area contributed by atoms with Gasteiger partial charge in [0.2, 0.25) is 0 Å². The van der Waals surface area contributed by atoms with E-state index in [-0.39, 0.29) is 5.91 Å². The zero-order chi connectivity index (χ0) is 13.5. The van der Waals surface area contributed by atoms with Crippen LogP contribution in [0.4, 0.5) is 0 Å². The average Bonchev–Trinajstić information content (AvgIpc) is 3.13. The lowest BCUT2D eigenvalue weighted by molar-refractivity contribution is 0.0729. The number of amides is 1. The average molecular weight is 286 g/mol. The maximum Gasteiger partial charge on any atom is 0.254 e. The van der Waals surface area contributed by atoms with Gasteiger partial charge in [0.25, 0.3) is 5.91 Å². The molecule has 0 aliphatic carbocycles. The number of fused-ring (bicyclic) bond motifs is 2. The normalized spacial score (nSPS) is 14.5. The van der Waals surface area contributed by atoms with E-state index < -0.39 is 0 Å². The summed E-state index contributed by atoms with van der Waals surface area (Å²) in [6.07, 6.45) is 2.39. The van der Waals surface area contributed by atoms with Crippen LogP contribution < -0.4 is 0 Å². The van der Waals surface area contributed by atoms with E-state index in [0.717, 1.165) is 34.1 Å². The molecule has 0 fully saturated rings. The standard InChI is InChI=1S/C13H10N4O2S/c18-13(8-1-2-10-11(5-8)16-20-15-10)17-4-3-12-9(7-17)6-14-19-12/h1-2,5-6H,3-4,7H2. The van der Waals surface area contributed by atoms with Crippen LogP contribution in [0.3, 0.4) is 0 Å². The molecule has 0 atom stereocenters. The predicted octanol–water partition coefficient (Wildman–Crippen LogP) is 1.88. The van der Waals surface area contributed by atoms with Gasteiger partial charge in [0.1, 0.15) is 16.8 Å². The summed E-state index contributed by atoms with van der Waals surface area (Å²) in [7, 11) is 0. The number of benzene rings is 1. The monoisotopic (exact) mass is 286 g/mol. The van der Waals surface area contributed by atoms with E-state index in [4.69, 9.17) is 4.52 Å². The second-order valence-electron chi connectivity index (χ2n) is 4.72. The second kappa shape index (κ2) is 4.38. The van der Waals surface area contributed by atoms with E-state index in [1.807, 2.05) is 6.07 Å². The van der Waals surface area contributed by atoms with E-state index in [9.17, 15) is 4.79 Å². The summed E-state index contributed by atoms with van der Waals surface area (Å²) >= 11 is 1.16. The Morgan fingerprint density at radius 1 is 1.30 bits per heavy atom. The van der Waals surface area contributed by atoms with Crippen molar-refractivity contribution in [1.82, 2.24) is 18.8 Å². The highest BCUT2D eigenvalue weighted by Crippen LogP contribution is 2.21. The van der Waals surface area contributed by atoms with E-state index in [1.54, 1.807) is 23.2 Å². The zero-order valence-electron chi connectivity index (χ0n) is 10.4. The van der Waals surface area contributed by atoms with Gasteiger partial charge >= 0.3 is 0 Å². The fraction of sp³-hybridized carbons (Fsp3) is 0.231. The molecule has 7 heteroatoms. The van der Waals surface area contributed by atoms with Crippen molar-refractivity contribution in [1.29, 1.82) is 0 Å². The minimum absolute atomic E-state index is 0.00625. The number of nitrogens with zero attached hydrogens (tertiary/aromatic N) is 4. The topological polar surface area (TPSA) is 72.1 Å². The highest BCUT2D eigenvalue weighted by atomic mass is 32.1. The molecule has 1 aromatic carbocycles. The van der Waals surface area contributed by atoms with E-state index in [1.165, 1.54) is 0 Å². The Morgan fingerprint density at radius 2 is 2.20 bits per heavy atom. The third-order valence-electron chi connectivity index (χ3n) is 3.49. The first-order chi connectivity index (χ1) is 9.81. The number of rotatable bonds is 1.